The largest absolute Gasteiger partial charge is 0.508 e. The highest BCUT2D eigenvalue weighted by Crippen LogP contribution is 2.21. The molecule has 1 heterocycles. The van der Waals surface area contributed by atoms with Gasteiger partial charge in [-0.05, 0) is 73.8 Å². The number of primary amides is 3. The lowest BCUT2D eigenvalue weighted by Gasteiger charge is -2.31. The van der Waals surface area contributed by atoms with Gasteiger partial charge in [-0.1, -0.05) is 72.8 Å². The van der Waals surface area contributed by atoms with Gasteiger partial charge in [0.15, 0.2) is 5.96 Å². The second-order valence-electron chi connectivity index (χ2n) is 19.2. The molecule has 1 fully saturated rings. The second kappa shape index (κ2) is 32.7. The number of aliphatic hydroxyl groups excluding tert-OH is 1. The lowest BCUT2D eigenvalue weighted by Crippen LogP contribution is -2.60. The van der Waals surface area contributed by atoms with Gasteiger partial charge in [0.1, 0.15) is 48.0 Å². The maximum Gasteiger partial charge on any atom is 0.245 e. The van der Waals surface area contributed by atoms with Crippen molar-refractivity contribution in [1.82, 2.24) is 42.1 Å². The van der Waals surface area contributed by atoms with E-state index in [1.165, 1.54) is 12.1 Å². The molecule has 8 atom stereocenters. The molecule has 1 saturated heterocycles. The van der Waals surface area contributed by atoms with Crippen LogP contribution in [-0.2, 0) is 72.0 Å². The molecule has 0 unspecified atom stereocenters. The van der Waals surface area contributed by atoms with Crippen molar-refractivity contribution in [2.45, 2.75) is 119 Å². The number of phenolic OH excluding ortho intramolecular Hbond substituents is 1. The summed E-state index contributed by atoms with van der Waals surface area (Å²) in [7, 11) is 0. The van der Waals surface area contributed by atoms with Crippen LogP contribution in [0.5, 0.6) is 5.75 Å². The van der Waals surface area contributed by atoms with Crippen molar-refractivity contribution >= 4 is 70.9 Å². The van der Waals surface area contributed by atoms with E-state index >= 15 is 0 Å². The number of nitrogens with one attached hydrogen (secondary N) is 7. The van der Waals surface area contributed by atoms with Crippen molar-refractivity contribution in [3.63, 3.8) is 0 Å². The van der Waals surface area contributed by atoms with E-state index in [1.807, 2.05) is 0 Å². The molecule has 0 saturated carbocycles. The maximum absolute atomic E-state index is 14.5. The van der Waals surface area contributed by atoms with Crippen molar-refractivity contribution in [2.24, 2.45) is 39.4 Å². The smallest absolute Gasteiger partial charge is 0.245 e. The third-order valence-corrected chi connectivity index (χ3v) is 12.9. The summed E-state index contributed by atoms with van der Waals surface area (Å²) in [5, 5.41) is 36.9. The molecular weight excluding hydrogens is 1050 g/mol. The van der Waals surface area contributed by atoms with Gasteiger partial charge in [0.2, 0.25) is 65.0 Å². The minimum Gasteiger partial charge on any atom is -0.508 e. The summed E-state index contributed by atoms with van der Waals surface area (Å²) in [5.41, 5.74) is 35.3. The Bertz CT molecular complexity index is 2700. The number of amides is 11. The van der Waals surface area contributed by atoms with Crippen LogP contribution in [0.4, 0.5) is 0 Å². The predicted molar refractivity (Wildman–Crippen MR) is 292 cm³/mol. The average Bonchev–Trinajstić information content (AvgIpc) is 3.98. The van der Waals surface area contributed by atoms with Crippen LogP contribution in [0, 0.1) is 0 Å². The average molecular weight is 1130 g/mol. The van der Waals surface area contributed by atoms with E-state index in [0.717, 1.165) is 4.90 Å². The third-order valence-electron chi connectivity index (χ3n) is 12.9. The molecule has 28 heteroatoms. The lowest BCUT2D eigenvalue weighted by atomic mass is 10.0. The molecule has 28 nitrogen and oxygen atoms in total. The maximum atomic E-state index is 14.5. The standard InChI is InChI=1S/C53H73N15O13/c54-34(25-32-15-17-33(70)18-16-32)46(75)67-40(29-69)47(76)61-28-44(73)62-39(27-31-11-5-2-6-12-31)50(79)65-37(20-22-43(56)72)52(81)68-24-8-14-41(68)51(80)64-36(19-21-42(55)71)49(78)63-35(13-7-23-60-53(58)59)48(77)66-38(45(57)74)26-30-9-3-1-4-10-30/h1-6,9-12,15-18,34-41,69-70H,7-8,13-14,19-29,54H2,(H2,55,71)(H2,56,72)(H2,57,74)(H,61,76)(H,62,73)(H,63,78)(H,64,80)(H,65,79)(H,66,77)(H,67,75)(H4,58,59,60)/t34-,35-,36-,37-,38-,39-,40+,41-/m0/s1. The molecule has 1 aliphatic heterocycles. The monoisotopic (exact) mass is 1130 g/mol. The molecule has 21 N–H and O–H groups in total. The summed E-state index contributed by atoms with van der Waals surface area (Å²) in [6, 6.07) is 11.9. The molecule has 11 amide bonds. The Balaban J connectivity index is 1.49. The van der Waals surface area contributed by atoms with Gasteiger partial charge in [0, 0.05) is 38.8 Å². The van der Waals surface area contributed by atoms with E-state index in [9.17, 15) is 63.0 Å². The fraction of sp³-hybridized carbons (Fsp3) is 0.434. The van der Waals surface area contributed by atoms with E-state index < -0.39 is 139 Å². The Labute approximate surface area is 466 Å². The van der Waals surface area contributed by atoms with Crippen LogP contribution in [0.3, 0.4) is 0 Å². The minimum absolute atomic E-state index is 0.00320. The van der Waals surface area contributed by atoms with Crippen molar-refractivity contribution in [3.8, 4) is 5.75 Å². The van der Waals surface area contributed by atoms with Crippen molar-refractivity contribution in [1.29, 1.82) is 0 Å². The number of aromatic hydroxyl groups is 1. The zero-order valence-electron chi connectivity index (χ0n) is 44.6. The lowest BCUT2D eigenvalue weighted by molar-refractivity contribution is -0.143. The summed E-state index contributed by atoms with van der Waals surface area (Å²) < 4.78 is 0. The number of aliphatic hydroxyl groups is 1. The summed E-state index contributed by atoms with van der Waals surface area (Å²) >= 11 is 0. The molecule has 4 rings (SSSR count). The number of carbonyl (C=O) groups is 11. The van der Waals surface area contributed by atoms with Gasteiger partial charge in [-0.2, -0.15) is 0 Å². The molecular formula is C53H73N15O13. The summed E-state index contributed by atoms with van der Waals surface area (Å²) in [6.07, 6.45) is -1.29. The first-order valence-corrected chi connectivity index (χ1v) is 26.1. The van der Waals surface area contributed by atoms with Crippen LogP contribution in [0.1, 0.15) is 68.1 Å². The fourth-order valence-corrected chi connectivity index (χ4v) is 8.58. The number of phenols is 1. The SMILES string of the molecule is NC(=O)CC[C@H](NC(=O)[C@@H]1CCCN1C(=O)[C@H](CCC(N)=O)NC(=O)[C@H](Cc1ccccc1)NC(=O)CNC(=O)[C@@H](CO)NC(=O)[C@@H](N)Cc1ccc(O)cc1)C(=O)N[C@@H](CCCN=C(N)N)C(=O)N[C@@H](Cc1ccccc1)C(N)=O. The predicted octanol–water partition coefficient (Wildman–Crippen LogP) is -5.17. The molecule has 438 valence electrons. The number of guanidine groups is 1. The van der Waals surface area contributed by atoms with Crippen LogP contribution >= 0.6 is 0 Å². The first-order valence-electron chi connectivity index (χ1n) is 26.1. The molecule has 1 aliphatic rings. The first kappa shape index (κ1) is 64.3. The van der Waals surface area contributed by atoms with Gasteiger partial charge in [-0.15, -0.1) is 0 Å². The van der Waals surface area contributed by atoms with E-state index in [4.69, 9.17) is 34.4 Å². The number of benzene rings is 3. The molecule has 0 radical (unpaired) electrons. The van der Waals surface area contributed by atoms with Crippen LogP contribution in [0.15, 0.2) is 89.9 Å². The van der Waals surface area contributed by atoms with Crippen LogP contribution in [0.25, 0.3) is 0 Å². The topological polar surface area (TPSA) is 484 Å². The number of likely N-dealkylation sites (tertiary alicyclic amines) is 1. The van der Waals surface area contributed by atoms with E-state index in [2.05, 4.69) is 42.2 Å². The van der Waals surface area contributed by atoms with E-state index in [-0.39, 0.29) is 82.6 Å². The number of hydrogen-bond donors (Lipinski definition) is 15. The highest BCUT2D eigenvalue weighted by Gasteiger charge is 2.40. The summed E-state index contributed by atoms with van der Waals surface area (Å²) in [4.78, 5) is 152. The number of aliphatic imine (C=N–C) groups is 1. The highest BCUT2D eigenvalue weighted by molar-refractivity contribution is 5.98. The molecule has 0 aromatic heterocycles. The van der Waals surface area contributed by atoms with Crippen LogP contribution < -0.4 is 71.6 Å². The van der Waals surface area contributed by atoms with Gasteiger partial charge in [0.25, 0.3) is 0 Å². The molecule has 0 aliphatic carbocycles. The van der Waals surface area contributed by atoms with Crippen molar-refractivity contribution in [3.05, 3.63) is 102 Å². The van der Waals surface area contributed by atoms with Crippen molar-refractivity contribution in [2.75, 3.05) is 26.2 Å². The Morgan fingerprint density at radius 3 is 1.63 bits per heavy atom. The Morgan fingerprint density at radius 2 is 1.07 bits per heavy atom. The third kappa shape index (κ3) is 22.2. The number of nitrogens with zero attached hydrogens (tertiary/aromatic N) is 2. The van der Waals surface area contributed by atoms with Gasteiger partial charge >= 0.3 is 0 Å². The van der Waals surface area contributed by atoms with E-state index in [1.54, 1.807) is 72.8 Å². The normalized spacial score (nSPS) is 15.3. The van der Waals surface area contributed by atoms with Gasteiger partial charge < -0.3 is 86.7 Å². The molecule has 3 aromatic rings. The quantitative estimate of drug-likeness (QED) is 0.0154. The van der Waals surface area contributed by atoms with Gasteiger partial charge in [-0.25, -0.2) is 0 Å². The van der Waals surface area contributed by atoms with Crippen molar-refractivity contribution < 1.29 is 63.0 Å². The Hall–Kier alpha value is -9.18. The second-order valence-corrected chi connectivity index (χ2v) is 19.2. The van der Waals surface area contributed by atoms with Crippen LogP contribution in [0.2, 0.25) is 0 Å². The summed E-state index contributed by atoms with van der Waals surface area (Å²) in [6.45, 7) is -1.63. The van der Waals surface area contributed by atoms with Crippen LogP contribution in [-0.4, -0.2) is 161 Å². The first-order chi connectivity index (χ1) is 38.5. The zero-order chi connectivity index (χ0) is 59.6. The van der Waals surface area contributed by atoms with E-state index in [0.29, 0.717) is 16.7 Å². The zero-order valence-corrected chi connectivity index (χ0v) is 44.6. The van der Waals surface area contributed by atoms with Gasteiger partial charge in [0.05, 0.1) is 19.2 Å². The number of hydrogen-bond acceptors (Lipinski definition) is 15. The number of nitrogens with two attached hydrogens (primary N) is 6. The number of rotatable bonds is 33. The number of carbonyl (C=O) groups excluding carboxylic acids is 11. The molecule has 3 aromatic carbocycles. The minimum atomic E-state index is -1.54. The highest BCUT2D eigenvalue weighted by atomic mass is 16.3. The molecule has 0 spiro atoms. The summed E-state index contributed by atoms with van der Waals surface area (Å²) in [5.74, 6) is -9.83. The Morgan fingerprint density at radius 1 is 0.568 bits per heavy atom. The Kier molecular flexibility index (Phi) is 25.9. The molecule has 81 heavy (non-hydrogen) atoms. The van der Waals surface area contributed by atoms with Gasteiger partial charge in [-0.3, -0.25) is 57.7 Å². The molecule has 0 bridgehead atoms. The fourth-order valence-electron chi connectivity index (χ4n) is 8.58.